The topological polar surface area (TPSA) is 35.5 Å². The summed E-state index contributed by atoms with van der Waals surface area (Å²) in [5.74, 6) is 0.586. The Morgan fingerprint density at radius 1 is 1.12 bits per heavy atom. The van der Waals surface area contributed by atoms with Crippen LogP contribution in [0.25, 0.3) is 0 Å². The molecule has 1 aliphatic carbocycles. The Morgan fingerprint density at radius 2 is 1.80 bits per heavy atom. The number of unbranched alkanes of at least 4 members (excludes halogenated alkanes) is 2. The Labute approximate surface area is 148 Å². The van der Waals surface area contributed by atoms with Gasteiger partial charge in [0, 0.05) is 0 Å². The van der Waals surface area contributed by atoms with Crippen LogP contribution in [0.5, 0.6) is 5.75 Å². The van der Waals surface area contributed by atoms with Crippen molar-refractivity contribution in [3.8, 4) is 5.75 Å². The second kappa shape index (κ2) is 10.4. The SMILES string of the molecule is CCCCCOc1ccc([C@H]2CC[C@H](C(=O)OCC(F)F)CC2)cc1. The number of rotatable bonds is 9. The monoisotopic (exact) mass is 354 g/mol. The minimum Gasteiger partial charge on any atom is -0.494 e. The Balaban J connectivity index is 1.75. The highest BCUT2D eigenvalue weighted by Gasteiger charge is 2.28. The van der Waals surface area contributed by atoms with Gasteiger partial charge in [-0.15, -0.1) is 0 Å². The van der Waals surface area contributed by atoms with Crippen molar-refractivity contribution in [2.24, 2.45) is 5.92 Å². The molecule has 140 valence electrons. The minimum atomic E-state index is -2.59. The molecule has 1 aliphatic rings. The van der Waals surface area contributed by atoms with Crippen LogP contribution in [0.15, 0.2) is 24.3 Å². The number of alkyl halides is 2. The number of carbonyl (C=O) groups excluding carboxylic acids is 1. The standard InChI is InChI=1S/C20H28F2O3/c1-2-3-4-13-24-18-11-9-16(10-12-18)15-5-7-17(8-6-15)20(23)25-14-19(21)22/h9-12,15,17,19H,2-8,13-14H2,1H3/t15-,17-. The molecule has 0 radical (unpaired) electrons. The van der Waals surface area contributed by atoms with Crippen LogP contribution in [0.1, 0.15) is 63.4 Å². The highest BCUT2D eigenvalue weighted by Crippen LogP contribution is 2.36. The molecule has 1 saturated carbocycles. The summed E-state index contributed by atoms with van der Waals surface area (Å²) in [5.41, 5.74) is 1.25. The maximum atomic E-state index is 12.1. The Morgan fingerprint density at radius 3 is 2.40 bits per heavy atom. The van der Waals surface area contributed by atoms with Gasteiger partial charge in [-0.2, -0.15) is 0 Å². The first kappa shape index (κ1) is 19.7. The molecule has 0 unspecified atom stereocenters. The zero-order valence-corrected chi connectivity index (χ0v) is 14.9. The summed E-state index contributed by atoms with van der Waals surface area (Å²) in [6, 6.07) is 8.19. The van der Waals surface area contributed by atoms with Crippen LogP contribution in [-0.2, 0) is 9.53 Å². The van der Waals surface area contributed by atoms with Crippen LogP contribution in [0, 0.1) is 5.92 Å². The first-order valence-electron chi connectivity index (χ1n) is 9.27. The van der Waals surface area contributed by atoms with Gasteiger partial charge in [0.05, 0.1) is 12.5 Å². The van der Waals surface area contributed by atoms with E-state index in [4.69, 9.17) is 4.74 Å². The lowest BCUT2D eigenvalue weighted by Crippen LogP contribution is -2.24. The average Bonchev–Trinajstić information content (AvgIpc) is 2.64. The fourth-order valence-corrected chi connectivity index (χ4v) is 3.30. The highest BCUT2D eigenvalue weighted by molar-refractivity contribution is 5.72. The lowest BCUT2D eigenvalue weighted by Gasteiger charge is -2.27. The van der Waals surface area contributed by atoms with Crippen molar-refractivity contribution in [1.29, 1.82) is 0 Å². The van der Waals surface area contributed by atoms with Crippen molar-refractivity contribution < 1.29 is 23.0 Å². The molecule has 0 amide bonds. The Bertz CT molecular complexity index is 508. The quantitative estimate of drug-likeness (QED) is 0.444. The number of esters is 1. The highest BCUT2D eigenvalue weighted by atomic mass is 19.3. The summed E-state index contributed by atoms with van der Waals surface area (Å²) in [6.07, 6.45) is 3.99. The number of benzene rings is 1. The van der Waals surface area contributed by atoms with Crippen molar-refractivity contribution >= 4 is 5.97 Å². The van der Waals surface area contributed by atoms with Crippen LogP contribution in [0.2, 0.25) is 0 Å². The van der Waals surface area contributed by atoms with E-state index in [2.05, 4.69) is 23.8 Å². The molecule has 0 aliphatic heterocycles. The molecular weight excluding hydrogens is 326 g/mol. The van der Waals surface area contributed by atoms with Crippen molar-refractivity contribution in [3.05, 3.63) is 29.8 Å². The third-order valence-corrected chi connectivity index (χ3v) is 4.78. The number of ether oxygens (including phenoxy) is 2. The Hall–Kier alpha value is -1.65. The zero-order valence-electron chi connectivity index (χ0n) is 14.9. The van der Waals surface area contributed by atoms with E-state index in [1.165, 1.54) is 18.4 Å². The van der Waals surface area contributed by atoms with E-state index in [0.717, 1.165) is 31.6 Å². The van der Waals surface area contributed by atoms with Crippen molar-refractivity contribution in [3.63, 3.8) is 0 Å². The van der Waals surface area contributed by atoms with E-state index >= 15 is 0 Å². The molecule has 0 aromatic heterocycles. The molecule has 2 rings (SSSR count). The fraction of sp³-hybridized carbons (Fsp3) is 0.650. The first-order valence-corrected chi connectivity index (χ1v) is 9.27. The molecule has 0 heterocycles. The normalized spacial score (nSPS) is 20.5. The van der Waals surface area contributed by atoms with Crippen molar-refractivity contribution in [2.75, 3.05) is 13.2 Å². The summed E-state index contributed by atoms with van der Waals surface area (Å²) < 4.78 is 34.6. The summed E-state index contributed by atoms with van der Waals surface area (Å²) >= 11 is 0. The number of hydrogen-bond donors (Lipinski definition) is 0. The lowest BCUT2D eigenvalue weighted by molar-refractivity contribution is -0.153. The van der Waals surface area contributed by atoms with Crippen LogP contribution < -0.4 is 4.74 Å². The number of hydrogen-bond acceptors (Lipinski definition) is 3. The van der Waals surface area contributed by atoms with E-state index in [-0.39, 0.29) is 5.92 Å². The summed E-state index contributed by atoms with van der Waals surface area (Å²) in [4.78, 5) is 11.8. The van der Waals surface area contributed by atoms with Crippen molar-refractivity contribution in [2.45, 2.75) is 64.2 Å². The molecule has 1 aromatic rings. The third kappa shape index (κ3) is 6.63. The van der Waals surface area contributed by atoms with Gasteiger partial charge in [0.2, 0.25) is 0 Å². The van der Waals surface area contributed by atoms with Crippen LogP contribution in [-0.4, -0.2) is 25.6 Å². The molecule has 5 heteroatoms. The summed E-state index contributed by atoms with van der Waals surface area (Å²) in [6.45, 7) is 2.12. The largest absolute Gasteiger partial charge is 0.494 e. The van der Waals surface area contributed by atoms with E-state index in [1.54, 1.807) is 0 Å². The van der Waals surface area contributed by atoms with Crippen LogP contribution in [0.3, 0.4) is 0 Å². The minimum absolute atomic E-state index is 0.240. The Kier molecular flexibility index (Phi) is 8.16. The fourth-order valence-electron chi connectivity index (χ4n) is 3.30. The van der Waals surface area contributed by atoms with Gasteiger partial charge in [0.1, 0.15) is 5.75 Å². The zero-order chi connectivity index (χ0) is 18.1. The first-order chi connectivity index (χ1) is 12.1. The van der Waals surface area contributed by atoms with E-state index in [0.29, 0.717) is 18.8 Å². The predicted molar refractivity (Wildman–Crippen MR) is 93.1 cm³/mol. The van der Waals surface area contributed by atoms with Gasteiger partial charge in [0.25, 0.3) is 6.43 Å². The van der Waals surface area contributed by atoms with E-state index < -0.39 is 19.0 Å². The molecule has 0 atom stereocenters. The van der Waals surface area contributed by atoms with Gasteiger partial charge in [0.15, 0.2) is 6.61 Å². The van der Waals surface area contributed by atoms with E-state index in [1.807, 2.05) is 12.1 Å². The molecule has 0 bridgehead atoms. The number of halogens is 2. The molecule has 3 nitrogen and oxygen atoms in total. The molecular formula is C20H28F2O3. The number of carbonyl (C=O) groups is 1. The summed E-state index contributed by atoms with van der Waals surface area (Å²) in [7, 11) is 0. The maximum absolute atomic E-state index is 12.1. The lowest BCUT2D eigenvalue weighted by atomic mass is 9.79. The van der Waals surface area contributed by atoms with E-state index in [9.17, 15) is 13.6 Å². The van der Waals surface area contributed by atoms with Gasteiger partial charge >= 0.3 is 5.97 Å². The summed E-state index contributed by atoms with van der Waals surface area (Å²) in [5, 5.41) is 0. The molecule has 25 heavy (non-hydrogen) atoms. The third-order valence-electron chi connectivity index (χ3n) is 4.78. The molecule has 0 N–H and O–H groups in total. The smallest absolute Gasteiger partial charge is 0.309 e. The van der Waals surface area contributed by atoms with Gasteiger partial charge in [-0.25, -0.2) is 8.78 Å². The van der Waals surface area contributed by atoms with Gasteiger partial charge in [-0.05, 0) is 55.7 Å². The molecule has 0 spiro atoms. The molecule has 0 saturated heterocycles. The molecule has 1 fully saturated rings. The average molecular weight is 354 g/mol. The second-order valence-electron chi connectivity index (χ2n) is 6.69. The van der Waals surface area contributed by atoms with Gasteiger partial charge in [-0.1, -0.05) is 31.9 Å². The van der Waals surface area contributed by atoms with Crippen LogP contribution >= 0.6 is 0 Å². The van der Waals surface area contributed by atoms with Gasteiger partial charge < -0.3 is 9.47 Å². The van der Waals surface area contributed by atoms with Gasteiger partial charge in [-0.3, -0.25) is 4.79 Å². The predicted octanol–water partition coefficient (Wildman–Crippen LogP) is 5.34. The second-order valence-corrected chi connectivity index (χ2v) is 6.69. The van der Waals surface area contributed by atoms with Crippen LogP contribution in [0.4, 0.5) is 8.78 Å². The maximum Gasteiger partial charge on any atom is 0.309 e. The van der Waals surface area contributed by atoms with Crippen molar-refractivity contribution in [1.82, 2.24) is 0 Å². The molecule has 1 aromatic carbocycles.